The predicted octanol–water partition coefficient (Wildman–Crippen LogP) is 3.07. The number of rotatable bonds is 10. The lowest BCUT2D eigenvalue weighted by Crippen LogP contribution is -2.55. The first-order valence-electron chi connectivity index (χ1n) is 12.0. The molecule has 0 fully saturated rings. The van der Waals surface area contributed by atoms with Gasteiger partial charge in [-0.15, -0.1) is 0 Å². The van der Waals surface area contributed by atoms with E-state index in [9.17, 15) is 14.7 Å². The zero-order chi connectivity index (χ0) is 26.2. The first-order valence-corrected chi connectivity index (χ1v) is 13.1. The second-order valence-electron chi connectivity index (χ2n) is 8.71. The van der Waals surface area contributed by atoms with Crippen molar-refractivity contribution in [3.8, 4) is 5.75 Å². The van der Waals surface area contributed by atoms with Crippen molar-refractivity contribution >= 4 is 34.4 Å². The van der Waals surface area contributed by atoms with Gasteiger partial charge in [0, 0.05) is 18.5 Å². The third-order valence-corrected chi connectivity index (χ3v) is 7.03. The lowest BCUT2D eigenvalue weighted by atomic mass is 9.87. The van der Waals surface area contributed by atoms with Crippen LogP contribution in [0.1, 0.15) is 17.7 Å². The van der Waals surface area contributed by atoms with Gasteiger partial charge in [-0.25, -0.2) is 0 Å². The molecule has 1 aliphatic carbocycles. The Morgan fingerprint density at radius 2 is 1.84 bits per heavy atom. The number of hydrogen-bond acceptors (Lipinski definition) is 6. The molecule has 9 heteroatoms. The second-order valence-corrected chi connectivity index (χ2v) is 9.87. The van der Waals surface area contributed by atoms with Crippen molar-refractivity contribution in [1.29, 1.82) is 0 Å². The molecule has 0 aliphatic heterocycles. The van der Waals surface area contributed by atoms with E-state index in [0.29, 0.717) is 17.1 Å². The monoisotopic (exact) mass is 616 g/mol. The van der Waals surface area contributed by atoms with Gasteiger partial charge < -0.3 is 29.6 Å². The number of para-hydroxylation sites is 1. The van der Waals surface area contributed by atoms with Gasteiger partial charge in [0.1, 0.15) is 23.7 Å². The van der Waals surface area contributed by atoms with Gasteiger partial charge in [0.2, 0.25) is 11.8 Å². The van der Waals surface area contributed by atoms with Crippen molar-refractivity contribution in [3.05, 3.63) is 99.5 Å². The van der Waals surface area contributed by atoms with E-state index in [1.807, 2.05) is 48.5 Å². The predicted molar refractivity (Wildman–Crippen MR) is 146 cm³/mol. The van der Waals surface area contributed by atoms with Crippen LogP contribution in [0.5, 0.6) is 5.75 Å². The zero-order valence-corrected chi connectivity index (χ0v) is 22.3. The second kappa shape index (κ2) is 12.9. The molecule has 3 N–H and O–H groups in total. The van der Waals surface area contributed by atoms with Gasteiger partial charge >= 0.3 is 0 Å². The van der Waals surface area contributed by atoms with Crippen molar-refractivity contribution < 1.29 is 29.0 Å². The summed E-state index contributed by atoms with van der Waals surface area (Å²) in [4.78, 5) is 28.1. The summed E-state index contributed by atoms with van der Waals surface area (Å²) >= 11 is 2.15. The summed E-state index contributed by atoms with van der Waals surface area (Å²) in [6, 6.07) is 19.5. The summed E-state index contributed by atoms with van der Waals surface area (Å²) in [6.45, 7) is 0.0173. The number of benzene rings is 2. The maximum atomic E-state index is 13.6. The molecule has 1 aliphatic rings. The van der Waals surface area contributed by atoms with Gasteiger partial charge in [-0.3, -0.25) is 9.59 Å². The fourth-order valence-corrected chi connectivity index (χ4v) is 4.81. The summed E-state index contributed by atoms with van der Waals surface area (Å²) in [6.07, 6.45) is 1.38. The van der Waals surface area contributed by atoms with E-state index in [2.05, 4.69) is 27.9 Å². The van der Waals surface area contributed by atoms with E-state index in [-0.39, 0.29) is 44.4 Å². The van der Waals surface area contributed by atoms with Gasteiger partial charge in [0.05, 0.1) is 35.4 Å². The molecule has 8 nitrogen and oxygen atoms in total. The number of aliphatic hydroxyl groups is 2. The van der Waals surface area contributed by atoms with Gasteiger partial charge in [-0.05, 0) is 58.5 Å². The van der Waals surface area contributed by atoms with E-state index in [0.717, 1.165) is 9.13 Å². The molecule has 2 aromatic carbocycles. The van der Waals surface area contributed by atoms with Crippen LogP contribution in [0, 0.1) is 3.57 Å². The number of carbonyl (C=O) groups is 2. The van der Waals surface area contributed by atoms with Crippen LogP contribution in [0.2, 0.25) is 0 Å². The van der Waals surface area contributed by atoms with Crippen LogP contribution in [0.4, 0.5) is 0 Å². The number of carbonyl (C=O) groups excluding carboxylic acids is 2. The largest absolute Gasteiger partial charge is 0.482 e. The first kappa shape index (κ1) is 26.9. The number of amides is 2. The van der Waals surface area contributed by atoms with Crippen LogP contribution in [0.3, 0.4) is 0 Å². The Morgan fingerprint density at radius 1 is 1.08 bits per heavy atom. The number of nitrogens with one attached hydrogen (secondary N) is 1. The lowest BCUT2D eigenvalue weighted by Gasteiger charge is -2.40. The number of nitrogens with zero attached hydrogens (tertiary/aromatic N) is 1. The zero-order valence-electron chi connectivity index (χ0n) is 20.1. The Bertz CT molecular complexity index is 1210. The number of hydrogen-bond donors (Lipinski definition) is 3. The minimum atomic E-state index is -1.11. The van der Waals surface area contributed by atoms with Crippen LogP contribution < -0.4 is 10.1 Å². The van der Waals surface area contributed by atoms with E-state index in [1.165, 1.54) is 6.26 Å². The molecule has 0 radical (unpaired) electrons. The topological polar surface area (TPSA) is 112 Å². The van der Waals surface area contributed by atoms with Crippen LogP contribution >= 0.6 is 22.6 Å². The standard InChI is InChI=1S/C28H29IN2O6/c29-22-10-4-5-11-24(22)37-25-17-20(28(35)30-12-13-32)16-23(27(25)34)31(18-21-9-6-14-36-21)26(33)15-19-7-2-1-3-8-19/h1-11,14,17,23,25,27,32,34H,12-13,15-16,18H2,(H,30,35)/t23-,25+,27+/m1/s1. The van der Waals surface area contributed by atoms with Gasteiger partial charge in [0.25, 0.3) is 0 Å². The Kier molecular flexibility index (Phi) is 9.37. The highest BCUT2D eigenvalue weighted by molar-refractivity contribution is 14.1. The molecule has 3 aromatic rings. The van der Waals surface area contributed by atoms with Gasteiger partial charge in [-0.1, -0.05) is 42.5 Å². The van der Waals surface area contributed by atoms with Crippen LogP contribution in [0.25, 0.3) is 0 Å². The highest BCUT2D eigenvalue weighted by Gasteiger charge is 2.40. The maximum Gasteiger partial charge on any atom is 0.247 e. The fraction of sp³-hybridized carbons (Fsp3) is 0.286. The lowest BCUT2D eigenvalue weighted by molar-refractivity contribution is -0.139. The van der Waals surface area contributed by atoms with Crippen LogP contribution in [-0.4, -0.2) is 58.3 Å². The van der Waals surface area contributed by atoms with E-state index in [4.69, 9.17) is 14.3 Å². The van der Waals surface area contributed by atoms with Gasteiger partial charge in [0.15, 0.2) is 0 Å². The van der Waals surface area contributed by atoms with E-state index >= 15 is 0 Å². The quantitative estimate of drug-likeness (QED) is 0.302. The number of furan rings is 1. The highest BCUT2D eigenvalue weighted by Crippen LogP contribution is 2.30. The van der Waals surface area contributed by atoms with Crippen molar-refractivity contribution in [2.24, 2.45) is 0 Å². The van der Waals surface area contributed by atoms with Crippen molar-refractivity contribution in [1.82, 2.24) is 10.2 Å². The highest BCUT2D eigenvalue weighted by atomic mass is 127. The minimum absolute atomic E-state index is 0.0918. The summed E-state index contributed by atoms with van der Waals surface area (Å²) < 4.78 is 12.5. The Labute approximate surface area is 229 Å². The average Bonchev–Trinajstić information content (AvgIpc) is 3.42. The Hall–Kier alpha value is -3.15. The first-order chi connectivity index (χ1) is 18.0. The Balaban J connectivity index is 1.67. The number of halogens is 1. The summed E-state index contributed by atoms with van der Waals surface area (Å²) in [7, 11) is 0. The molecule has 37 heavy (non-hydrogen) atoms. The third kappa shape index (κ3) is 7.00. The van der Waals surface area contributed by atoms with Crippen LogP contribution in [0.15, 0.2) is 89.1 Å². The van der Waals surface area contributed by atoms with E-state index < -0.39 is 18.2 Å². The molecule has 0 saturated heterocycles. The van der Waals surface area contributed by atoms with Crippen molar-refractivity contribution in [3.63, 3.8) is 0 Å². The molecule has 0 bridgehead atoms. The molecule has 1 heterocycles. The summed E-state index contributed by atoms with van der Waals surface area (Å²) in [5, 5.41) is 23.3. The molecule has 1 aromatic heterocycles. The summed E-state index contributed by atoms with van der Waals surface area (Å²) in [5.41, 5.74) is 1.21. The van der Waals surface area contributed by atoms with Crippen molar-refractivity contribution in [2.45, 2.75) is 37.6 Å². The molecular weight excluding hydrogens is 587 g/mol. The minimum Gasteiger partial charge on any atom is -0.482 e. The van der Waals surface area contributed by atoms with Crippen molar-refractivity contribution in [2.75, 3.05) is 13.2 Å². The third-order valence-electron chi connectivity index (χ3n) is 6.14. The molecule has 3 atom stereocenters. The molecule has 4 rings (SSSR count). The smallest absolute Gasteiger partial charge is 0.247 e. The maximum absolute atomic E-state index is 13.6. The van der Waals surface area contributed by atoms with E-state index in [1.54, 1.807) is 29.2 Å². The number of ether oxygens (including phenoxy) is 1. The molecule has 2 amide bonds. The Morgan fingerprint density at radius 3 is 2.54 bits per heavy atom. The molecule has 194 valence electrons. The fourth-order valence-electron chi connectivity index (χ4n) is 4.30. The molecule has 0 spiro atoms. The molecular formula is C28H29IN2O6. The van der Waals surface area contributed by atoms with Gasteiger partial charge in [-0.2, -0.15) is 0 Å². The van der Waals surface area contributed by atoms with Crippen LogP contribution in [-0.2, 0) is 22.6 Å². The SMILES string of the molecule is O=C(NCCO)C1=C[C@H](Oc2ccccc2I)[C@@H](O)[C@H](N(Cc2ccco2)C(=O)Cc2ccccc2)C1. The summed E-state index contributed by atoms with van der Waals surface area (Å²) in [5.74, 6) is 0.532. The number of aliphatic hydroxyl groups excluding tert-OH is 2. The molecule has 0 saturated carbocycles. The molecule has 0 unspecified atom stereocenters. The normalized spacial score (nSPS) is 19.1. The average molecular weight is 616 g/mol.